The standard InChI is InChI=1S/C11H21N2O/c1-4-13(5-2)7-6-12(3)11(13)8-10-9-14-10/h6-7,10-11H,4-5,8-9H2,1-3H3/q+1. The Morgan fingerprint density at radius 2 is 2.07 bits per heavy atom. The summed E-state index contributed by atoms with van der Waals surface area (Å²) >= 11 is 0. The summed E-state index contributed by atoms with van der Waals surface area (Å²) in [6.45, 7) is 7.86. The lowest BCUT2D eigenvalue weighted by Gasteiger charge is -2.38. The Hall–Kier alpha value is -0.540. The number of rotatable bonds is 4. The van der Waals surface area contributed by atoms with Crippen LogP contribution in [0.2, 0.25) is 0 Å². The van der Waals surface area contributed by atoms with E-state index in [4.69, 9.17) is 4.74 Å². The fourth-order valence-electron chi connectivity index (χ4n) is 2.47. The van der Waals surface area contributed by atoms with Gasteiger partial charge >= 0.3 is 0 Å². The molecular formula is C11H21N2O+. The number of hydrogen-bond donors (Lipinski definition) is 0. The number of epoxide rings is 1. The van der Waals surface area contributed by atoms with Crippen molar-refractivity contribution in [3.05, 3.63) is 12.4 Å². The normalized spacial score (nSPS) is 33.8. The molecule has 2 atom stereocenters. The fraction of sp³-hybridized carbons (Fsp3) is 0.818. The number of nitrogens with zero attached hydrogens (tertiary/aromatic N) is 2. The minimum Gasteiger partial charge on any atom is -0.373 e. The molecule has 0 N–H and O–H groups in total. The van der Waals surface area contributed by atoms with E-state index in [-0.39, 0.29) is 0 Å². The van der Waals surface area contributed by atoms with Crippen LogP contribution in [0.3, 0.4) is 0 Å². The van der Waals surface area contributed by atoms with E-state index in [2.05, 4.69) is 38.2 Å². The first kappa shape index (κ1) is 9.99. The minimum atomic E-state index is 0.526. The minimum absolute atomic E-state index is 0.526. The lowest BCUT2D eigenvalue weighted by atomic mass is 10.2. The van der Waals surface area contributed by atoms with Gasteiger partial charge in [0.2, 0.25) is 0 Å². The average Bonchev–Trinajstić information content (AvgIpc) is 2.96. The first-order valence-electron chi connectivity index (χ1n) is 5.61. The van der Waals surface area contributed by atoms with Gasteiger partial charge in [0, 0.05) is 13.5 Å². The van der Waals surface area contributed by atoms with E-state index in [0.717, 1.165) is 11.1 Å². The van der Waals surface area contributed by atoms with Crippen LogP contribution in [-0.2, 0) is 4.74 Å². The predicted octanol–water partition coefficient (Wildman–Crippen LogP) is 1.37. The molecule has 0 saturated carbocycles. The molecule has 2 aliphatic heterocycles. The van der Waals surface area contributed by atoms with Crippen LogP contribution in [0.15, 0.2) is 12.4 Å². The van der Waals surface area contributed by atoms with Crippen molar-refractivity contribution in [2.45, 2.75) is 32.5 Å². The predicted molar refractivity (Wildman–Crippen MR) is 56.4 cm³/mol. The van der Waals surface area contributed by atoms with Crippen LogP contribution in [0.1, 0.15) is 20.3 Å². The highest BCUT2D eigenvalue weighted by molar-refractivity contribution is 4.88. The molecule has 0 aromatic rings. The third kappa shape index (κ3) is 1.55. The first-order chi connectivity index (χ1) is 6.72. The molecule has 0 amide bonds. The van der Waals surface area contributed by atoms with Crippen molar-refractivity contribution >= 4 is 0 Å². The molecule has 3 heteroatoms. The fourth-order valence-corrected chi connectivity index (χ4v) is 2.47. The summed E-state index contributed by atoms with van der Waals surface area (Å²) in [6, 6.07) is 0. The molecule has 0 aromatic heterocycles. The smallest absolute Gasteiger partial charge is 0.171 e. The lowest BCUT2D eigenvalue weighted by Crippen LogP contribution is -2.53. The van der Waals surface area contributed by atoms with Crippen molar-refractivity contribution in [1.82, 2.24) is 4.90 Å². The second-order valence-corrected chi connectivity index (χ2v) is 4.37. The van der Waals surface area contributed by atoms with Crippen molar-refractivity contribution in [3.8, 4) is 0 Å². The zero-order valence-electron chi connectivity index (χ0n) is 9.44. The van der Waals surface area contributed by atoms with Crippen LogP contribution >= 0.6 is 0 Å². The molecule has 2 aliphatic rings. The van der Waals surface area contributed by atoms with Gasteiger partial charge in [0.25, 0.3) is 0 Å². The van der Waals surface area contributed by atoms with E-state index in [0.29, 0.717) is 12.3 Å². The van der Waals surface area contributed by atoms with Gasteiger partial charge < -0.3 is 9.64 Å². The molecule has 2 heterocycles. The van der Waals surface area contributed by atoms with Gasteiger partial charge in [-0.2, -0.15) is 0 Å². The molecule has 80 valence electrons. The van der Waals surface area contributed by atoms with Crippen LogP contribution in [0.5, 0.6) is 0 Å². The summed E-state index contributed by atoms with van der Waals surface area (Å²) in [4.78, 5) is 2.34. The van der Waals surface area contributed by atoms with Crippen LogP contribution in [0.25, 0.3) is 0 Å². The van der Waals surface area contributed by atoms with Crippen molar-refractivity contribution in [3.63, 3.8) is 0 Å². The maximum Gasteiger partial charge on any atom is 0.171 e. The van der Waals surface area contributed by atoms with Gasteiger partial charge in [0.15, 0.2) is 6.17 Å². The van der Waals surface area contributed by atoms with Crippen molar-refractivity contribution < 1.29 is 9.22 Å². The number of hydrogen-bond acceptors (Lipinski definition) is 2. The van der Waals surface area contributed by atoms with Gasteiger partial charge in [0.1, 0.15) is 6.20 Å². The second kappa shape index (κ2) is 3.55. The van der Waals surface area contributed by atoms with Gasteiger partial charge in [-0.3, -0.25) is 4.48 Å². The molecule has 2 unspecified atom stereocenters. The number of ether oxygens (including phenoxy) is 1. The van der Waals surface area contributed by atoms with Crippen LogP contribution < -0.4 is 0 Å². The van der Waals surface area contributed by atoms with Gasteiger partial charge in [0.05, 0.1) is 32.0 Å². The van der Waals surface area contributed by atoms with E-state index < -0.39 is 0 Å². The third-order valence-corrected chi connectivity index (χ3v) is 3.72. The molecular weight excluding hydrogens is 176 g/mol. The largest absolute Gasteiger partial charge is 0.373 e. The Kier molecular flexibility index (Phi) is 2.54. The summed E-state index contributed by atoms with van der Waals surface area (Å²) in [7, 11) is 2.18. The summed E-state index contributed by atoms with van der Waals surface area (Å²) in [5.74, 6) is 0. The highest BCUT2D eigenvalue weighted by atomic mass is 16.6. The maximum atomic E-state index is 5.34. The molecule has 1 fully saturated rings. The van der Waals surface area contributed by atoms with Gasteiger partial charge in [-0.25, -0.2) is 0 Å². The Morgan fingerprint density at radius 1 is 1.43 bits per heavy atom. The first-order valence-corrected chi connectivity index (χ1v) is 5.61. The van der Waals surface area contributed by atoms with E-state index >= 15 is 0 Å². The second-order valence-electron chi connectivity index (χ2n) is 4.37. The highest BCUT2D eigenvalue weighted by Gasteiger charge is 2.42. The van der Waals surface area contributed by atoms with E-state index in [1.807, 2.05) is 0 Å². The Labute approximate surface area is 86.5 Å². The quantitative estimate of drug-likeness (QED) is 0.500. The molecule has 0 aromatic carbocycles. The van der Waals surface area contributed by atoms with Crippen LogP contribution in [0.4, 0.5) is 0 Å². The highest BCUT2D eigenvalue weighted by Crippen LogP contribution is 2.30. The zero-order chi connectivity index (χ0) is 10.2. The van der Waals surface area contributed by atoms with Crippen LogP contribution in [-0.4, -0.2) is 48.4 Å². The molecule has 1 saturated heterocycles. The van der Waals surface area contributed by atoms with Gasteiger partial charge in [-0.1, -0.05) is 0 Å². The van der Waals surface area contributed by atoms with E-state index in [9.17, 15) is 0 Å². The molecule has 3 nitrogen and oxygen atoms in total. The molecule has 2 rings (SSSR count). The molecule has 0 radical (unpaired) electrons. The molecule has 14 heavy (non-hydrogen) atoms. The topological polar surface area (TPSA) is 15.8 Å². The molecule has 0 spiro atoms. The van der Waals surface area contributed by atoms with Crippen LogP contribution in [0, 0.1) is 0 Å². The summed E-state index contributed by atoms with van der Waals surface area (Å²) in [6.07, 6.45) is 6.86. The van der Waals surface area contributed by atoms with Gasteiger partial charge in [-0.05, 0) is 13.8 Å². The summed E-state index contributed by atoms with van der Waals surface area (Å²) < 4.78 is 6.43. The molecule has 0 aliphatic carbocycles. The summed E-state index contributed by atoms with van der Waals surface area (Å²) in [5.41, 5.74) is 0. The Bertz CT molecular complexity index is 231. The van der Waals surface area contributed by atoms with Crippen molar-refractivity contribution in [2.75, 3.05) is 26.7 Å². The number of quaternary nitrogens is 1. The van der Waals surface area contributed by atoms with Crippen molar-refractivity contribution in [1.29, 1.82) is 0 Å². The zero-order valence-corrected chi connectivity index (χ0v) is 9.44. The third-order valence-electron chi connectivity index (χ3n) is 3.72. The SMILES string of the molecule is CC[N+]1(CC)C=CN(C)C1CC1CO1. The Morgan fingerprint density at radius 3 is 2.57 bits per heavy atom. The van der Waals surface area contributed by atoms with Gasteiger partial charge in [-0.15, -0.1) is 0 Å². The van der Waals surface area contributed by atoms with Crippen molar-refractivity contribution in [2.24, 2.45) is 0 Å². The summed E-state index contributed by atoms with van der Waals surface area (Å²) in [5, 5.41) is 0. The average molecular weight is 197 g/mol. The van der Waals surface area contributed by atoms with E-state index in [1.54, 1.807) is 0 Å². The Balaban J connectivity index is 2.09. The lowest BCUT2D eigenvalue weighted by molar-refractivity contribution is -0.904. The monoisotopic (exact) mass is 197 g/mol. The maximum absolute atomic E-state index is 5.34. The van der Waals surface area contributed by atoms with E-state index in [1.165, 1.54) is 19.5 Å². The molecule has 0 bridgehead atoms.